The second-order valence-electron chi connectivity index (χ2n) is 19.6. The number of rotatable bonds is 24. The molecule has 0 fully saturated rings. The summed E-state index contributed by atoms with van der Waals surface area (Å²) in [6.07, 6.45) is 2.84. The van der Waals surface area contributed by atoms with Crippen LogP contribution >= 0.6 is 0 Å². The van der Waals surface area contributed by atoms with Crippen LogP contribution in [0, 0.1) is 11.3 Å². The monoisotopic (exact) mass is 974 g/mol. The number of benzene rings is 2. The van der Waals surface area contributed by atoms with Crippen molar-refractivity contribution in [3.63, 3.8) is 0 Å². The number of nitrogens with one attached hydrogen (secondary N) is 5. The average Bonchev–Trinajstić information content (AvgIpc) is 3.63. The highest BCUT2D eigenvalue weighted by atomic mass is 16.5. The van der Waals surface area contributed by atoms with Crippen LogP contribution in [0.5, 0.6) is 0 Å². The number of fused-ring (bicyclic) bond motifs is 1. The van der Waals surface area contributed by atoms with Gasteiger partial charge in [-0.3, -0.25) is 33.6 Å². The first-order valence-electron chi connectivity index (χ1n) is 23.5. The Morgan fingerprint density at radius 2 is 1.46 bits per heavy atom. The maximum atomic E-state index is 14.5. The predicted molar refractivity (Wildman–Crippen MR) is 267 cm³/mol. The number of likely N-dealkylation sites (N-methyl/N-ethyl adjacent to an activating group) is 2. The number of hydrogen-bond acceptors (Lipinski definition) is 12. The summed E-state index contributed by atoms with van der Waals surface area (Å²) in [4.78, 5) is 106. The molecule has 3 aromatic rings. The molecule has 0 spiro atoms. The number of amides is 6. The molecular formula is C51H75N9O10. The number of carbonyl (C=O) groups is 8. The number of anilines is 1. The van der Waals surface area contributed by atoms with Gasteiger partial charge in [0.15, 0.2) is 0 Å². The normalized spacial score (nSPS) is 14.6. The second kappa shape index (κ2) is 25.3. The number of ether oxygens (including phenoxy) is 2. The molecule has 70 heavy (non-hydrogen) atoms. The molecule has 6 atom stereocenters. The van der Waals surface area contributed by atoms with Crippen molar-refractivity contribution in [3.8, 4) is 0 Å². The SMILES string of the molecule is CCOC(=O)[C@@H](CCC(=O)OCc1ccc(NC(=O)[C@H](CC(N)=O)NC(=O)[C@H](C)N)cc1)NC(=O)/C(C)=C/[C@H](C(C)C)N(C)C(=O)[C@@H](NC(=O)[C@@H](NC)C(C)(C)c1cn(C)c2ccccc12)C(C)(C)C. The number of carbonyl (C=O) groups excluding carboxylic acids is 8. The van der Waals surface area contributed by atoms with Crippen molar-refractivity contribution in [1.82, 2.24) is 30.7 Å². The van der Waals surface area contributed by atoms with Crippen LogP contribution in [0.1, 0.15) is 99.6 Å². The van der Waals surface area contributed by atoms with Gasteiger partial charge in [-0.05, 0) is 74.9 Å². The van der Waals surface area contributed by atoms with Crippen LogP contribution in [0.15, 0.2) is 66.4 Å². The van der Waals surface area contributed by atoms with E-state index in [1.165, 1.54) is 24.0 Å². The molecule has 2 aromatic carbocycles. The topological polar surface area (TPSA) is 275 Å². The molecule has 384 valence electrons. The molecule has 1 heterocycles. The highest BCUT2D eigenvalue weighted by Gasteiger charge is 2.42. The van der Waals surface area contributed by atoms with Gasteiger partial charge in [-0.15, -0.1) is 0 Å². The lowest BCUT2D eigenvalue weighted by molar-refractivity contribution is -0.149. The van der Waals surface area contributed by atoms with Gasteiger partial charge in [-0.2, -0.15) is 0 Å². The molecule has 0 aliphatic carbocycles. The quantitative estimate of drug-likeness (QED) is 0.0504. The molecule has 1 aromatic heterocycles. The van der Waals surface area contributed by atoms with E-state index < -0.39 is 89.1 Å². The summed E-state index contributed by atoms with van der Waals surface area (Å²) in [5.41, 5.74) is 12.5. The van der Waals surface area contributed by atoms with E-state index in [-0.39, 0.29) is 49.4 Å². The van der Waals surface area contributed by atoms with Crippen molar-refractivity contribution in [2.24, 2.45) is 29.8 Å². The van der Waals surface area contributed by atoms with E-state index in [4.69, 9.17) is 20.9 Å². The summed E-state index contributed by atoms with van der Waals surface area (Å²) in [7, 11) is 5.32. The summed E-state index contributed by atoms with van der Waals surface area (Å²) >= 11 is 0. The fourth-order valence-corrected chi connectivity index (χ4v) is 8.03. The Labute approximate surface area is 411 Å². The van der Waals surface area contributed by atoms with Gasteiger partial charge >= 0.3 is 11.9 Å². The Morgan fingerprint density at radius 1 is 0.829 bits per heavy atom. The lowest BCUT2D eigenvalue weighted by Crippen LogP contribution is -2.61. The largest absolute Gasteiger partial charge is 0.464 e. The zero-order chi connectivity index (χ0) is 52.8. The number of nitrogens with two attached hydrogens (primary N) is 2. The van der Waals surface area contributed by atoms with Crippen LogP contribution in [0.2, 0.25) is 0 Å². The molecular weight excluding hydrogens is 899 g/mol. The summed E-state index contributed by atoms with van der Waals surface area (Å²) in [5, 5.41) is 15.0. The molecule has 0 saturated carbocycles. The van der Waals surface area contributed by atoms with Gasteiger partial charge < -0.3 is 57.0 Å². The average molecular weight is 974 g/mol. The first-order valence-corrected chi connectivity index (χ1v) is 23.5. The van der Waals surface area contributed by atoms with Crippen LogP contribution < -0.4 is 38.1 Å². The third-order valence-electron chi connectivity index (χ3n) is 12.1. The first kappa shape index (κ1) is 57.7. The molecule has 19 nitrogen and oxygen atoms in total. The van der Waals surface area contributed by atoms with E-state index in [9.17, 15) is 38.4 Å². The number of aryl methyl sites for hydroxylation is 1. The lowest BCUT2D eigenvalue weighted by atomic mass is 9.76. The standard InChI is InChI=1S/C51H75N9O10/c1-14-69-49(68)36(23-24-41(62)70-28-32-19-21-33(22-20-32)55-46(65)37(26-40(53)61)57-45(64)31(5)52)56-44(63)30(4)25-39(29(2)3)60(13)48(67)43(50(6,7)8)58-47(66)42(54-11)51(9,10)35-27-59(12)38-18-16-15-17-34(35)38/h15-22,25,27,29,31,36-37,39,42-43,54H,14,23-24,26,28,52H2,1-13H3,(H2,53,61)(H,55,65)(H,56,63)(H,57,64)(H,58,66)/b30-25+/t31-,36+,37-,39+,42+,43+/m0/s1. The molecule has 9 N–H and O–H groups in total. The Hall–Kier alpha value is -6.60. The van der Waals surface area contributed by atoms with Crippen LogP contribution in [0.25, 0.3) is 10.9 Å². The minimum atomic E-state index is -1.25. The van der Waals surface area contributed by atoms with E-state index in [0.717, 1.165) is 16.5 Å². The molecule has 0 unspecified atom stereocenters. The molecule has 6 amide bonds. The van der Waals surface area contributed by atoms with Crippen LogP contribution in [-0.4, -0.2) is 114 Å². The van der Waals surface area contributed by atoms with Crippen LogP contribution in [-0.2, 0) is 66.9 Å². The maximum Gasteiger partial charge on any atom is 0.328 e. The summed E-state index contributed by atoms with van der Waals surface area (Å²) in [6.45, 7) is 17.9. The second-order valence-corrected chi connectivity index (χ2v) is 19.6. The number of primary amides is 1. The van der Waals surface area contributed by atoms with Crippen molar-refractivity contribution < 1.29 is 47.8 Å². The van der Waals surface area contributed by atoms with E-state index in [2.05, 4.69) is 26.6 Å². The predicted octanol–water partition coefficient (Wildman–Crippen LogP) is 3.22. The van der Waals surface area contributed by atoms with Crippen molar-refractivity contribution in [1.29, 1.82) is 0 Å². The fourth-order valence-electron chi connectivity index (χ4n) is 8.03. The van der Waals surface area contributed by atoms with E-state index in [1.54, 1.807) is 46.2 Å². The minimum Gasteiger partial charge on any atom is -0.464 e. The Bertz CT molecular complexity index is 2380. The van der Waals surface area contributed by atoms with Gasteiger partial charge in [0.2, 0.25) is 35.4 Å². The van der Waals surface area contributed by atoms with E-state index in [1.807, 2.05) is 90.5 Å². The minimum absolute atomic E-state index is 0.0256. The zero-order valence-electron chi connectivity index (χ0n) is 43.0. The molecule has 0 saturated heterocycles. The summed E-state index contributed by atoms with van der Waals surface area (Å²) < 4.78 is 12.7. The molecule has 0 aliphatic rings. The highest BCUT2D eigenvalue weighted by molar-refractivity contribution is 6.00. The summed E-state index contributed by atoms with van der Waals surface area (Å²) in [5.74, 6) is -5.04. The molecule has 3 rings (SSSR count). The van der Waals surface area contributed by atoms with Gasteiger partial charge in [0, 0.05) is 54.3 Å². The summed E-state index contributed by atoms with van der Waals surface area (Å²) in [6, 6.07) is 8.58. The van der Waals surface area contributed by atoms with Gasteiger partial charge in [-0.1, -0.05) is 84.9 Å². The van der Waals surface area contributed by atoms with Gasteiger partial charge in [0.05, 0.1) is 31.2 Å². The molecule has 0 bridgehead atoms. The molecule has 19 heteroatoms. The maximum absolute atomic E-state index is 14.5. The van der Waals surface area contributed by atoms with Crippen molar-refractivity contribution >= 4 is 64.0 Å². The third-order valence-corrected chi connectivity index (χ3v) is 12.1. The number of para-hydroxylation sites is 1. The van der Waals surface area contributed by atoms with Gasteiger partial charge in [0.25, 0.3) is 0 Å². The van der Waals surface area contributed by atoms with Crippen LogP contribution in [0.3, 0.4) is 0 Å². The lowest BCUT2D eigenvalue weighted by Gasteiger charge is -2.39. The van der Waals surface area contributed by atoms with Gasteiger partial charge in [-0.25, -0.2) is 4.79 Å². The third kappa shape index (κ3) is 15.7. The van der Waals surface area contributed by atoms with Crippen molar-refractivity contribution in [2.45, 2.75) is 137 Å². The molecule has 0 radical (unpaired) electrons. The van der Waals surface area contributed by atoms with E-state index in [0.29, 0.717) is 11.3 Å². The van der Waals surface area contributed by atoms with Crippen LogP contribution in [0.4, 0.5) is 5.69 Å². The van der Waals surface area contributed by atoms with E-state index >= 15 is 0 Å². The highest BCUT2D eigenvalue weighted by Crippen LogP contribution is 2.35. The smallest absolute Gasteiger partial charge is 0.328 e. The zero-order valence-corrected chi connectivity index (χ0v) is 43.0. The number of hydrogen-bond donors (Lipinski definition) is 7. The number of esters is 2. The van der Waals surface area contributed by atoms with Crippen molar-refractivity contribution in [2.75, 3.05) is 26.0 Å². The number of nitrogens with zero attached hydrogens (tertiary/aromatic N) is 2. The number of aromatic nitrogens is 1. The van der Waals surface area contributed by atoms with Gasteiger partial charge in [0.1, 0.15) is 24.7 Å². The Balaban J connectivity index is 1.69. The molecule has 0 aliphatic heterocycles. The fraction of sp³-hybridized carbons (Fsp3) is 0.529. The first-order chi connectivity index (χ1) is 32.6. The Morgan fingerprint density at radius 3 is 2.01 bits per heavy atom. The van der Waals surface area contributed by atoms with Crippen molar-refractivity contribution in [3.05, 3.63) is 77.5 Å². The Kier molecular flexibility index (Phi) is 20.9.